The number of benzene rings is 2. The van der Waals surface area contributed by atoms with E-state index in [9.17, 15) is 17.6 Å². The summed E-state index contributed by atoms with van der Waals surface area (Å²) in [5.41, 5.74) is 1.20. The number of nitrogens with zero attached hydrogens (tertiary/aromatic N) is 3. The van der Waals surface area contributed by atoms with Gasteiger partial charge in [0.15, 0.2) is 0 Å². The molecule has 2 aromatic carbocycles. The molecule has 10 heteroatoms. The highest BCUT2D eigenvalue weighted by atomic mass is 35.5. The number of carbonyl (C=O) groups is 1. The maximum atomic E-state index is 13.7. The van der Waals surface area contributed by atoms with Gasteiger partial charge < -0.3 is 14.2 Å². The molecular weight excluding hydrogens is 481 g/mol. The predicted octanol–water partition coefficient (Wildman–Crippen LogP) is 4.35. The minimum atomic E-state index is -3.85. The van der Waals surface area contributed by atoms with Crippen LogP contribution < -0.4 is 0 Å². The lowest BCUT2D eigenvalue weighted by Crippen LogP contribution is -2.37. The zero-order valence-electron chi connectivity index (χ0n) is 19.2. The van der Waals surface area contributed by atoms with E-state index < -0.39 is 15.7 Å². The fourth-order valence-electron chi connectivity index (χ4n) is 3.52. The second-order valence-corrected chi connectivity index (χ2v) is 10.4. The first-order valence-corrected chi connectivity index (χ1v) is 12.7. The van der Waals surface area contributed by atoms with Crippen molar-refractivity contribution in [2.75, 3.05) is 13.7 Å². The second-order valence-electron chi connectivity index (χ2n) is 8.06. The van der Waals surface area contributed by atoms with E-state index in [0.717, 1.165) is 0 Å². The number of carbonyl (C=O) groups excluding carboxylic acids is 1. The molecule has 1 aromatic heterocycles. The molecular formula is C24H27ClFN3O4S. The summed E-state index contributed by atoms with van der Waals surface area (Å²) in [4.78, 5) is 18.9. The Balaban J connectivity index is 1.96. The minimum absolute atomic E-state index is 0.0886. The number of amides is 1. The normalized spacial score (nSPS) is 11.7. The minimum Gasteiger partial charge on any atom is -0.383 e. The first kappa shape index (κ1) is 25.9. The van der Waals surface area contributed by atoms with E-state index in [1.54, 1.807) is 39.8 Å². The van der Waals surface area contributed by atoms with Crippen LogP contribution >= 0.6 is 11.6 Å². The molecule has 0 N–H and O–H groups in total. The van der Waals surface area contributed by atoms with Crippen LogP contribution in [0.1, 0.15) is 35.5 Å². The molecule has 0 saturated heterocycles. The van der Waals surface area contributed by atoms with Gasteiger partial charge in [-0.1, -0.05) is 35.9 Å². The molecule has 0 fully saturated rings. The maximum absolute atomic E-state index is 13.7. The number of hydrogen-bond acceptors (Lipinski definition) is 5. The highest BCUT2D eigenvalue weighted by Crippen LogP contribution is 2.24. The largest absolute Gasteiger partial charge is 0.383 e. The zero-order chi connectivity index (χ0) is 24.9. The van der Waals surface area contributed by atoms with Crippen LogP contribution in [0, 0.1) is 5.82 Å². The van der Waals surface area contributed by atoms with Gasteiger partial charge in [-0.15, -0.1) is 0 Å². The monoisotopic (exact) mass is 507 g/mol. The number of rotatable bonds is 10. The van der Waals surface area contributed by atoms with Crippen molar-refractivity contribution in [1.29, 1.82) is 0 Å². The molecule has 3 rings (SSSR count). The van der Waals surface area contributed by atoms with Crippen LogP contribution in [-0.4, -0.2) is 48.5 Å². The number of ether oxygens (including phenoxy) is 1. The van der Waals surface area contributed by atoms with Crippen molar-refractivity contribution in [3.8, 4) is 0 Å². The highest BCUT2D eigenvalue weighted by molar-refractivity contribution is 7.90. The topological polar surface area (TPSA) is 81.5 Å². The van der Waals surface area contributed by atoms with Crippen molar-refractivity contribution in [3.63, 3.8) is 0 Å². The molecule has 1 heterocycles. The first-order valence-electron chi connectivity index (χ1n) is 10.7. The number of hydrogen-bond donors (Lipinski definition) is 0. The van der Waals surface area contributed by atoms with Crippen LogP contribution in [-0.2, 0) is 33.4 Å². The van der Waals surface area contributed by atoms with Crippen LogP contribution in [0.2, 0.25) is 5.02 Å². The van der Waals surface area contributed by atoms with Gasteiger partial charge in [0.1, 0.15) is 5.82 Å². The van der Waals surface area contributed by atoms with Crippen molar-refractivity contribution in [1.82, 2.24) is 14.5 Å². The summed E-state index contributed by atoms with van der Waals surface area (Å²) >= 11 is 6.17. The van der Waals surface area contributed by atoms with Gasteiger partial charge in [0, 0.05) is 30.3 Å². The smallest absolute Gasteiger partial charge is 0.254 e. The Labute approximate surface area is 204 Å². The van der Waals surface area contributed by atoms with Crippen LogP contribution in [0.5, 0.6) is 0 Å². The summed E-state index contributed by atoms with van der Waals surface area (Å²) < 4.78 is 46.9. The summed E-state index contributed by atoms with van der Waals surface area (Å²) in [5, 5.41) is 0.231. The van der Waals surface area contributed by atoms with Crippen LogP contribution in [0.15, 0.2) is 59.9 Å². The number of methoxy groups -OCH3 is 1. The van der Waals surface area contributed by atoms with E-state index in [4.69, 9.17) is 16.3 Å². The summed E-state index contributed by atoms with van der Waals surface area (Å²) in [7, 11) is -2.34. The number of imidazole rings is 1. The van der Waals surface area contributed by atoms with E-state index >= 15 is 0 Å². The number of sulfone groups is 1. The van der Waals surface area contributed by atoms with Crippen molar-refractivity contribution in [2.24, 2.45) is 0 Å². The first-order chi connectivity index (χ1) is 16.1. The van der Waals surface area contributed by atoms with Crippen molar-refractivity contribution < 1.29 is 22.3 Å². The summed E-state index contributed by atoms with van der Waals surface area (Å²) in [6, 6.07) is 12.0. The third-order valence-corrected chi connectivity index (χ3v) is 7.23. The summed E-state index contributed by atoms with van der Waals surface area (Å²) in [5.74, 6) is -1.19. The fraction of sp³-hybridized carbons (Fsp3) is 0.333. The average molecular weight is 508 g/mol. The van der Waals surface area contributed by atoms with Crippen LogP contribution in [0.3, 0.4) is 0 Å². The lowest BCUT2D eigenvalue weighted by atomic mass is 10.1. The van der Waals surface area contributed by atoms with E-state index in [0.29, 0.717) is 16.3 Å². The van der Waals surface area contributed by atoms with Crippen molar-refractivity contribution >= 4 is 27.3 Å². The van der Waals surface area contributed by atoms with Gasteiger partial charge in [0.25, 0.3) is 5.91 Å². The van der Waals surface area contributed by atoms with Gasteiger partial charge in [-0.2, -0.15) is 0 Å². The van der Waals surface area contributed by atoms with E-state index in [-0.39, 0.29) is 48.1 Å². The Morgan fingerprint density at radius 3 is 2.59 bits per heavy atom. The molecule has 0 aliphatic rings. The lowest BCUT2D eigenvalue weighted by molar-refractivity contribution is 0.0683. The average Bonchev–Trinajstić information content (AvgIpc) is 3.20. The Bertz CT molecular complexity index is 1260. The van der Waals surface area contributed by atoms with E-state index in [2.05, 4.69) is 4.98 Å². The molecule has 0 aliphatic heterocycles. The van der Waals surface area contributed by atoms with Crippen molar-refractivity contribution in [3.05, 3.63) is 82.4 Å². The molecule has 0 aliphatic carbocycles. The lowest BCUT2D eigenvalue weighted by Gasteiger charge is -2.27. The van der Waals surface area contributed by atoms with Crippen molar-refractivity contribution in [2.45, 2.75) is 43.9 Å². The molecule has 34 heavy (non-hydrogen) atoms. The van der Waals surface area contributed by atoms with Crippen LogP contribution in [0.25, 0.3) is 0 Å². The Hall–Kier alpha value is -2.75. The van der Waals surface area contributed by atoms with Gasteiger partial charge in [0.05, 0.1) is 30.8 Å². The van der Waals surface area contributed by atoms with Gasteiger partial charge in [-0.3, -0.25) is 4.79 Å². The third kappa shape index (κ3) is 6.02. The predicted molar refractivity (Wildman–Crippen MR) is 128 cm³/mol. The molecule has 0 spiro atoms. The van der Waals surface area contributed by atoms with E-state index in [1.807, 2.05) is 13.8 Å². The number of aromatic nitrogens is 2. The number of halogens is 2. The quantitative estimate of drug-likeness (QED) is 0.407. The second kappa shape index (κ2) is 11.1. The van der Waals surface area contributed by atoms with Gasteiger partial charge >= 0.3 is 0 Å². The molecule has 3 aromatic rings. The molecule has 1 amide bonds. The fourth-order valence-corrected chi connectivity index (χ4v) is 5.35. The maximum Gasteiger partial charge on any atom is 0.254 e. The summed E-state index contributed by atoms with van der Waals surface area (Å²) in [6.07, 6.45) is 1.45. The van der Waals surface area contributed by atoms with E-state index in [1.165, 1.54) is 31.5 Å². The third-order valence-electron chi connectivity index (χ3n) is 5.29. The Kier molecular flexibility index (Phi) is 8.46. The molecule has 0 atom stereocenters. The van der Waals surface area contributed by atoms with Gasteiger partial charge in [-0.25, -0.2) is 17.8 Å². The molecule has 0 bridgehead atoms. The van der Waals surface area contributed by atoms with Gasteiger partial charge in [-0.05, 0) is 43.7 Å². The molecule has 182 valence electrons. The van der Waals surface area contributed by atoms with Gasteiger partial charge in [0.2, 0.25) is 15.0 Å². The Morgan fingerprint density at radius 2 is 1.94 bits per heavy atom. The molecule has 7 nitrogen and oxygen atoms in total. The summed E-state index contributed by atoms with van der Waals surface area (Å²) in [6.45, 7) is 4.23. The standard InChI is InChI=1S/C24H27ClFN3O4S/c1-17(2)29(23(30)18-8-6-9-20(26)13-18)15-21-14-27-24(28(21)11-12-33-3)34(31,32)16-19-7-4-5-10-22(19)25/h4-10,13-14,17H,11-12,15-16H2,1-3H3. The Morgan fingerprint density at radius 1 is 1.21 bits per heavy atom. The van der Waals surface area contributed by atoms with Crippen LogP contribution in [0.4, 0.5) is 4.39 Å². The zero-order valence-corrected chi connectivity index (χ0v) is 20.8. The SMILES string of the molecule is COCCn1c(CN(C(=O)c2cccc(F)c2)C(C)C)cnc1S(=O)(=O)Cc1ccccc1Cl. The highest BCUT2D eigenvalue weighted by Gasteiger charge is 2.27. The molecule has 0 saturated carbocycles. The molecule has 0 radical (unpaired) electrons. The molecule has 0 unspecified atom stereocenters.